The van der Waals surface area contributed by atoms with Gasteiger partial charge in [0.15, 0.2) is 0 Å². The molecule has 0 aliphatic heterocycles. The zero-order valence-electron chi connectivity index (χ0n) is 7.96. The first-order valence-corrected chi connectivity index (χ1v) is 6.11. The van der Waals surface area contributed by atoms with Crippen LogP contribution in [0.5, 0.6) is 0 Å². The van der Waals surface area contributed by atoms with Crippen molar-refractivity contribution in [3.8, 4) is 0 Å². The molecule has 0 aromatic heterocycles. The second kappa shape index (κ2) is 5.12. The first-order chi connectivity index (χ1) is 5.79. The predicted molar refractivity (Wildman–Crippen MR) is 57.2 cm³/mol. The fraction of sp³-hybridized carbons (Fsp3) is 0.400. The third kappa shape index (κ3) is 3.69. The van der Waals surface area contributed by atoms with E-state index in [0.29, 0.717) is 0 Å². The van der Waals surface area contributed by atoms with E-state index in [2.05, 4.69) is 49.0 Å². The Balaban J connectivity index is 2.25. The Labute approximate surface area is 77.3 Å². The van der Waals surface area contributed by atoms with Gasteiger partial charge >= 0.3 is 0 Å². The minimum Gasteiger partial charge on any atom is -0.334 e. The van der Waals surface area contributed by atoms with Crippen LogP contribution in [0.2, 0.25) is 6.04 Å². The van der Waals surface area contributed by atoms with Crippen LogP contribution in [-0.2, 0) is 6.42 Å². The van der Waals surface area contributed by atoms with Crippen molar-refractivity contribution in [3.63, 3.8) is 0 Å². The number of benzene rings is 1. The van der Waals surface area contributed by atoms with Crippen LogP contribution < -0.4 is 0 Å². The summed E-state index contributed by atoms with van der Waals surface area (Å²) in [5, 5.41) is 0. The lowest BCUT2D eigenvalue weighted by molar-refractivity contribution is 0.656. The summed E-state index contributed by atoms with van der Waals surface area (Å²) in [6, 6.07) is 12.1. The second-order valence-corrected chi connectivity index (χ2v) is 5.81. The summed E-state index contributed by atoms with van der Waals surface area (Å²) in [5.41, 5.74) is 1.48. The fourth-order valence-electron chi connectivity index (χ4n) is 1.24. The second-order valence-electron chi connectivity index (χ2n) is 3.39. The molecular weight excluding hydrogens is 162 g/mol. The monoisotopic (exact) mass is 179 g/mol. The van der Waals surface area contributed by atoms with Gasteiger partial charge in [0.05, 0.1) is 9.68 Å². The maximum atomic E-state index is 2.36. The molecule has 0 saturated carbocycles. The van der Waals surface area contributed by atoms with Crippen LogP contribution in [0, 0.1) is 0 Å². The Morgan fingerprint density at radius 1 is 1.17 bits per heavy atom. The standard InChI is InChI=1S/C10H17NSi/c1-11(2)12-9-8-10-6-4-3-5-7-10/h3-7H,8-9,12H2,1-2H3. The number of hydrogen-bond donors (Lipinski definition) is 0. The third-order valence-corrected chi connectivity index (χ3v) is 3.48. The van der Waals surface area contributed by atoms with E-state index < -0.39 is 0 Å². The molecular formula is C10H17NSi. The van der Waals surface area contributed by atoms with Gasteiger partial charge in [-0.05, 0) is 32.1 Å². The minimum atomic E-state index is 0.0356. The molecule has 0 N–H and O–H groups in total. The molecule has 0 radical (unpaired) electrons. The molecule has 0 amide bonds. The molecule has 0 atom stereocenters. The molecule has 0 unspecified atom stereocenters. The van der Waals surface area contributed by atoms with Crippen LogP contribution in [0.25, 0.3) is 0 Å². The molecule has 0 bridgehead atoms. The Morgan fingerprint density at radius 2 is 1.83 bits per heavy atom. The molecule has 1 nitrogen and oxygen atoms in total. The average Bonchev–Trinajstić information content (AvgIpc) is 2.05. The highest BCUT2D eigenvalue weighted by atomic mass is 28.2. The summed E-state index contributed by atoms with van der Waals surface area (Å²) in [7, 11) is 4.39. The molecule has 2 heteroatoms. The fourth-order valence-corrected chi connectivity index (χ4v) is 2.44. The van der Waals surface area contributed by atoms with Gasteiger partial charge < -0.3 is 4.57 Å². The topological polar surface area (TPSA) is 3.24 Å². The van der Waals surface area contributed by atoms with Crippen molar-refractivity contribution >= 4 is 9.68 Å². The van der Waals surface area contributed by atoms with Crippen molar-refractivity contribution in [3.05, 3.63) is 35.9 Å². The smallest absolute Gasteiger partial charge is 0.0946 e. The van der Waals surface area contributed by atoms with Gasteiger partial charge in [-0.3, -0.25) is 0 Å². The highest BCUT2D eigenvalue weighted by Gasteiger charge is 1.93. The van der Waals surface area contributed by atoms with E-state index >= 15 is 0 Å². The maximum Gasteiger partial charge on any atom is 0.0946 e. The molecule has 0 saturated heterocycles. The van der Waals surface area contributed by atoms with Crippen molar-refractivity contribution in [1.82, 2.24) is 4.57 Å². The van der Waals surface area contributed by atoms with Gasteiger partial charge in [0.25, 0.3) is 0 Å². The van der Waals surface area contributed by atoms with Gasteiger partial charge in [0.2, 0.25) is 0 Å². The number of rotatable bonds is 4. The van der Waals surface area contributed by atoms with Crippen LogP contribution in [0.4, 0.5) is 0 Å². The van der Waals surface area contributed by atoms with Crippen molar-refractivity contribution in [2.75, 3.05) is 14.1 Å². The van der Waals surface area contributed by atoms with Crippen molar-refractivity contribution in [2.24, 2.45) is 0 Å². The Morgan fingerprint density at radius 3 is 2.42 bits per heavy atom. The molecule has 0 aliphatic carbocycles. The molecule has 12 heavy (non-hydrogen) atoms. The van der Waals surface area contributed by atoms with Gasteiger partial charge in [-0.1, -0.05) is 30.3 Å². The van der Waals surface area contributed by atoms with E-state index in [9.17, 15) is 0 Å². The lowest BCUT2D eigenvalue weighted by atomic mass is 10.2. The van der Waals surface area contributed by atoms with Crippen LogP contribution in [-0.4, -0.2) is 28.3 Å². The molecule has 0 aliphatic rings. The lowest BCUT2D eigenvalue weighted by Crippen LogP contribution is -2.17. The van der Waals surface area contributed by atoms with Crippen LogP contribution in [0.1, 0.15) is 5.56 Å². The van der Waals surface area contributed by atoms with Crippen LogP contribution in [0.3, 0.4) is 0 Å². The predicted octanol–water partition coefficient (Wildman–Crippen LogP) is 1.29. The van der Waals surface area contributed by atoms with E-state index in [4.69, 9.17) is 0 Å². The summed E-state index contributed by atoms with van der Waals surface area (Å²) in [6.07, 6.45) is 1.26. The van der Waals surface area contributed by atoms with Gasteiger partial charge in [0.1, 0.15) is 0 Å². The first-order valence-electron chi connectivity index (χ1n) is 4.47. The summed E-state index contributed by atoms with van der Waals surface area (Å²) in [5.74, 6) is 0. The molecule has 0 heterocycles. The van der Waals surface area contributed by atoms with Crippen molar-refractivity contribution < 1.29 is 0 Å². The summed E-state index contributed by atoms with van der Waals surface area (Å²) < 4.78 is 2.36. The molecule has 66 valence electrons. The van der Waals surface area contributed by atoms with E-state index in [1.165, 1.54) is 18.0 Å². The van der Waals surface area contributed by atoms with E-state index in [1.807, 2.05) is 0 Å². The first kappa shape index (κ1) is 9.48. The van der Waals surface area contributed by atoms with Gasteiger partial charge in [0, 0.05) is 0 Å². The van der Waals surface area contributed by atoms with Crippen LogP contribution >= 0.6 is 0 Å². The highest BCUT2D eigenvalue weighted by molar-refractivity contribution is 6.31. The van der Waals surface area contributed by atoms with Crippen LogP contribution in [0.15, 0.2) is 30.3 Å². The lowest BCUT2D eigenvalue weighted by Gasteiger charge is -2.07. The SMILES string of the molecule is CN(C)[SiH2]CCc1ccccc1. The van der Waals surface area contributed by atoms with Gasteiger partial charge in [-0.2, -0.15) is 0 Å². The summed E-state index contributed by atoms with van der Waals surface area (Å²) in [4.78, 5) is 0. The zero-order valence-corrected chi connectivity index (χ0v) is 9.37. The van der Waals surface area contributed by atoms with E-state index in [1.54, 1.807) is 0 Å². The summed E-state index contributed by atoms with van der Waals surface area (Å²) in [6.45, 7) is 0. The summed E-state index contributed by atoms with van der Waals surface area (Å²) >= 11 is 0. The quantitative estimate of drug-likeness (QED) is 0.630. The third-order valence-electron chi connectivity index (χ3n) is 1.91. The van der Waals surface area contributed by atoms with Crippen molar-refractivity contribution in [2.45, 2.75) is 12.5 Å². The maximum absolute atomic E-state index is 2.36. The molecule has 0 spiro atoms. The highest BCUT2D eigenvalue weighted by Crippen LogP contribution is 2.02. The Kier molecular flexibility index (Phi) is 4.04. The van der Waals surface area contributed by atoms with Crippen molar-refractivity contribution in [1.29, 1.82) is 0 Å². The number of nitrogens with zero attached hydrogens (tertiary/aromatic N) is 1. The zero-order chi connectivity index (χ0) is 8.81. The molecule has 1 aromatic rings. The van der Waals surface area contributed by atoms with E-state index in [-0.39, 0.29) is 9.68 Å². The molecule has 1 aromatic carbocycles. The van der Waals surface area contributed by atoms with E-state index in [0.717, 1.165) is 0 Å². The van der Waals surface area contributed by atoms with Gasteiger partial charge in [-0.25, -0.2) is 0 Å². The van der Waals surface area contributed by atoms with Gasteiger partial charge in [-0.15, -0.1) is 0 Å². The molecule has 0 fully saturated rings. The Bertz CT molecular complexity index is 208. The average molecular weight is 179 g/mol. The minimum absolute atomic E-state index is 0.0356. The molecule has 1 rings (SSSR count). The number of hydrogen-bond acceptors (Lipinski definition) is 1. The Hall–Kier alpha value is -0.603. The number of aryl methyl sites for hydroxylation is 1. The largest absolute Gasteiger partial charge is 0.334 e. The normalized spacial score (nSPS) is 11.6.